The second kappa shape index (κ2) is 2.66. The molecular weight excluding hydrogens is 174 g/mol. The summed E-state index contributed by atoms with van der Waals surface area (Å²) in [6, 6.07) is 6.47. The van der Waals surface area contributed by atoms with Gasteiger partial charge in [0.2, 0.25) is 0 Å². The molecule has 1 saturated heterocycles. The van der Waals surface area contributed by atoms with E-state index in [1.807, 2.05) is 6.07 Å². The molecule has 0 aromatic heterocycles. The van der Waals surface area contributed by atoms with Crippen molar-refractivity contribution in [3.8, 4) is 5.75 Å². The number of benzene rings is 1. The van der Waals surface area contributed by atoms with E-state index >= 15 is 0 Å². The predicted octanol–water partition coefficient (Wildman–Crippen LogP) is 2.48. The van der Waals surface area contributed by atoms with Crippen LogP contribution in [0.3, 0.4) is 0 Å². The minimum atomic E-state index is 0.408. The molecule has 0 aliphatic carbocycles. The van der Waals surface area contributed by atoms with Gasteiger partial charge in [-0.2, -0.15) is 0 Å². The molecule has 0 saturated carbocycles. The zero-order chi connectivity index (χ0) is 9.71. The molecule has 74 valence electrons. The number of nitrogens with zero attached hydrogens (tertiary/aromatic N) is 1. The third-order valence-electron chi connectivity index (χ3n) is 3.64. The van der Waals surface area contributed by atoms with Gasteiger partial charge in [0.05, 0.1) is 0 Å². The Morgan fingerprint density at radius 1 is 1.36 bits per heavy atom. The summed E-state index contributed by atoms with van der Waals surface area (Å²) in [5.41, 5.74) is 2.70. The first-order chi connectivity index (χ1) is 6.75. The van der Waals surface area contributed by atoms with E-state index in [9.17, 15) is 5.11 Å². The average molecular weight is 189 g/mol. The first kappa shape index (κ1) is 8.16. The van der Waals surface area contributed by atoms with Crippen molar-refractivity contribution in [2.75, 3.05) is 11.4 Å². The molecule has 1 aromatic carbocycles. The topological polar surface area (TPSA) is 23.5 Å². The molecule has 0 amide bonds. The largest absolute Gasteiger partial charge is 0.508 e. The van der Waals surface area contributed by atoms with E-state index in [0.29, 0.717) is 17.7 Å². The van der Waals surface area contributed by atoms with Gasteiger partial charge in [-0.3, -0.25) is 0 Å². The lowest BCUT2D eigenvalue weighted by Gasteiger charge is -2.31. The van der Waals surface area contributed by atoms with Gasteiger partial charge in [-0.25, -0.2) is 0 Å². The van der Waals surface area contributed by atoms with Crippen molar-refractivity contribution in [2.24, 2.45) is 0 Å². The molecule has 2 nitrogen and oxygen atoms in total. The van der Waals surface area contributed by atoms with Crippen molar-refractivity contribution < 1.29 is 5.11 Å². The van der Waals surface area contributed by atoms with Crippen LogP contribution in [0, 0.1) is 0 Å². The molecule has 2 atom stereocenters. The number of phenols is 1. The number of hydrogen-bond acceptors (Lipinski definition) is 2. The van der Waals surface area contributed by atoms with Crippen molar-refractivity contribution in [2.45, 2.75) is 31.7 Å². The zero-order valence-corrected chi connectivity index (χ0v) is 8.40. The molecule has 2 aliphatic heterocycles. The Bertz CT molecular complexity index is 375. The summed E-state index contributed by atoms with van der Waals surface area (Å²) >= 11 is 0. The molecule has 2 unspecified atom stereocenters. The predicted molar refractivity (Wildman–Crippen MR) is 56.9 cm³/mol. The molecule has 1 fully saturated rings. The summed E-state index contributed by atoms with van der Waals surface area (Å²) in [4.78, 5) is 2.48. The number of rotatable bonds is 0. The van der Waals surface area contributed by atoms with Gasteiger partial charge in [0.15, 0.2) is 0 Å². The first-order valence-electron chi connectivity index (χ1n) is 5.35. The van der Waals surface area contributed by atoms with Crippen LogP contribution in [-0.2, 0) is 0 Å². The second-order valence-corrected chi connectivity index (χ2v) is 4.52. The number of anilines is 1. The lowest BCUT2D eigenvalue weighted by Crippen LogP contribution is -2.35. The number of piperidine rings is 1. The fourth-order valence-electron chi connectivity index (χ4n) is 2.83. The highest BCUT2D eigenvalue weighted by molar-refractivity contribution is 5.63. The molecule has 3 rings (SSSR count). The summed E-state index contributed by atoms with van der Waals surface area (Å²) in [5, 5.41) is 9.46. The van der Waals surface area contributed by atoms with Gasteiger partial charge in [-0.1, -0.05) is 0 Å². The number of aromatic hydroxyl groups is 1. The highest BCUT2D eigenvalue weighted by Crippen LogP contribution is 2.45. The van der Waals surface area contributed by atoms with Gasteiger partial charge in [0, 0.05) is 24.2 Å². The Morgan fingerprint density at radius 3 is 3.07 bits per heavy atom. The fraction of sp³-hybridized carbons (Fsp3) is 0.500. The van der Waals surface area contributed by atoms with Gasteiger partial charge in [0.1, 0.15) is 5.75 Å². The van der Waals surface area contributed by atoms with Crippen molar-refractivity contribution >= 4 is 5.69 Å². The standard InChI is InChI=1S/C12H15NO/c1-8-2-3-9-7-13(8)12-5-4-10(14)6-11(9)12/h4-6,8-9,14H,2-3,7H2,1H3. The van der Waals surface area contributed by atoms with Gasteiger partial charge < -0.3 is 10.0 Å². The highest BCUT2D eigenvalue weighted by Gasteiger charge is 2.35. The van der Waals surface area contributed by atoms with E-state index in [1.165, 1.54) is 24.1 Å². The smallest absolute Gasteiger partial charge is 0.116 e. The quantitative estimate of drug-likeness (QED) is 0.677. The summed E-state index contributed by atoms with van der Waals surface area (Å²) in [5.74, 6) is 1.07. The van der Waals surface area contributed by atoms with Gasteiger partial charge in [-0.05, 0) is 43.5 Å². The van der Waals surface area contributed by atoms with Crippen LogP contribution in [0.5, 0.6) is 5.75 Å². The Labute approximate surface area is 84.2 Å². The van der Waals surface area contributed by atoms with Crippen LogP contribution >= 0.6 is 0 Å². The molecule has 1 N–H and O–H groups in total. The molecule has 0 spiro atoms. The van der Waals surface area contributed by atoms with Crippen molar-refractivity contribution in [1.82, 2.24) is 0 Å². The summed E-state index contributed by atoms with van der Waals surface area (Å²) in [6.07, 6.45) is 2.55. The van der Waals surface area contributed by atoms with Crippen molar-refractivity contribution in [3.63, 3.8) is 0 Å². The maximum Gasteiger partial charge on any atom is 0.116 e. The Kier molecular flexibility index (Phi) is 1.55. The van der Waals surface area contributed by atoms with Crippen LogP contribution < -0.4 is 4.90 Å². The van der Waals surface area contributed by atoms with Crippen molar-refractivity contribution in [1.29, 1.82) is 0 Å². The van der Waals surface area contributed by atoms with Gasteiger partial charge in [0.25, 0.3) is 0 Å². The van der Waals surface area contributed by atoms with E-state index in [1.54, 1.807) is 6.07 Å². The molecular formula is C12H15NO. The minimum Gasteiger partial charge on any atom is -0.508 e. The second-order valence-electron chi connectivity index (χ2n) is 4.52. The average Bonchev–Trinajstić information content (AvgIpc) is 2.47. The van der Waals surface area contributed by atoms with Crippen LogP contribution in [0.4, 0.5) is 5.69 Å². The van der Waals surface area contributed by atoms with Crippen LogP contribution in [-0.4, -0.2) is 17.7 Å². The van der Waals surface area contributed by atoms with Crippen LogP contribution in [0.25, 0.3) is 0 Å². The van der Waals surface area contributed by atoms with Crippen LogP contribution in [0.15, 0.2) is 18.2 Å². The molecule has 2 aliphatic rings. The molecule has 1 aromatic rings. The Hall–Kier alpha value is -1.18. The number of fused-ring (bicyclic) bond motifs is 5. The summed E-state index contributed by atoms with van der Waals surface area (Å²) in [6.45, 7) is 3.44. The van der Waals surface area contributed by atoms with Crippen LogP contribution in [0.1, 0.15) is 31.2 Å². The van der Waals surface area contributed by atoms with E-state index in [0.717, 1.165) is 6.54 Å². The van der Waals surface area contributed by atoms with E-state index in [-0.39, 0.29) is 0 Å². The Morgan fingerprint density at radius 2 is 2.21 bits per heavy atom. The SMILES string of the molecule is CC1CCC2CN1c1ccc(O)cc12. The van der Waals surface area contributed by atoms with Gasteiger partial charge >= 0.3 is 0 Å². The third-order valence-corrected chi connectivity index (χ3v) is 3.64. The summed E-state index contributed by atoms with van der Waals surface area (Å²) < 4.78 is 0. The third kappa shape index (κ3) is 0.969. The number of phenolic OH excluding ortho intramolecular Hbond substituents is 1. The minimum absolute atomic E-state index is 0.408. The van der Waals surface area contributed by atoms with Gasteiger partial charge in [-0.15, -0.1) is 0 Å². The first-order valence-corrected chi connectivity index (χ1v) is 5.35. The highest BCUT2D eigenvalue weighted by atomic mass is 16.3. The van der Waals surface area contributed by atoms with E-state index in [2.05, 4.69) is 17.9 Å². The molecule has 2 bridgehead atoms. The van der Waals surface area contributed by atoms with E-state index in [4.69, 9.17) is 0 Å². The molecule has 0 radical (unpaired) electrons. The molecule has 14 heavy (non-hydrogen) atoms. The number of hydrogen-bond donors (Lipinski definition) is 1. The molecule has 2 heteroatoms. The van der Waals surface area contributed by atoms with Crippen molar-refractivity contribution in [3.05, 3.63) is 23.8 Å². The monoisotopic (exact) mass is 189 g/mol. The lowest BCUT2D eigenvalue weighted by molar-refractivity contribution is 0.463. The fourth-order valence-corrected chi connectivity index (χ4v) is 2.83. The summed E-state index contributed by atoms with van der Waals surface area (Å²) in [7, 11) is 0. The zero-order valence-electron chi connectivity index (χ0n) is 8.40. The van der Waals surface area contributed by atoms with E-state index < -0.39 is 0 Å². The Balaban J connectivity index is 2.13. The van der Waals surface area contributed by atoms with Crippen LogP contribution in [0.2, 0.25) is 0 Å². The maximum atomic E-state index is 9.46. The normalized spacial score (nSPS) is 29.1. The maximum absolute atomic E-state index is 9.46. The lowest BCUT2D eigenvalue weighted by atomic mass is 9.93. The molecule has 2 heterocycles.